The van der Waals surface area contributed by atoms with Crippen molar-refractivity contribution in [3.63, 3.8) is 0 Å². The molecule has 3 heteroatoms. The topological polar surface area (TPSA) is 31.0 Å². The second-order valence-electron chi connectivity index (χ2n) is 23.3. The maximum atomic E-state index is 6.12. The summed E-state index contributed by atoms with van der Waals surface area (Å²) < 4.78 is 8.58. The summed E-state index contributed by atoms with van der Waals surface area (Å²) in [6, 6.07) is 99.5. The van der Waals surface area contributed by atoms with Crippen LogP contribution in [-0.2, 0) is 10.8 Å². The molecule has 3 nitrogen and oxygen atoms in total. The van der Waals surface area contributed by atoms with Crippen molar-refractivity contribution >= 4 is 38.5 Å². The molecule has 0 aliphatic heterocycles. The van der Waals surface area contributed by atoms with E-state index in [-0.39, 0.29) is 0 Å². The zero-order valence-corrected chi connectivity index (χ0v) is 46.6. The van der Waals surface area contributed by atoms with Crippen LogP contribution in [0, 0.1) is 0 Å². The number of rotatable bonds is 7. The molecule has 0 radical (unpaired) electrons. The highest BCUT2D eigenvalue weighted by atomic mass is 16.3. The van der Waals surface area contributed by atoms with E-state index in [1.807, 2.05) is 30.3 Å². The van der Waals surface area contributed by atoms with Crippen LogP contribution in [0.3, 0.4) is 0 Å². The number of hydrogen-bond donors (Lipinski definition) is 0. The molecule has 2 aromatic heterocycles. The minimum absolute atomic E-state index is 0.433. The fourth-order valence-electron chi connectivity index (χ4n) is 15.7. The van der Waals surface area contributed by atoms with Crippen LogP contribution in [0.2, 0.25) is 0 Å². The molecule has 0 unspecified atom stereocenters. The summed E-state index contributed by atoms with van der Waals surface area (Å²) in [4.78, 5) is 4.75. The Morgan fingerprint density at radius 2 is 0.776 bits per heavy atom. The first-order valence-corrected chi connectivity index (χ1v) is 29.4. The largest absolute Gasteiger partial charge is 0.436 e. The highest BCUT2D eigenvalue weighted by Crippen LogP contribution is 2.64. The minimum atomic E-state index is -0.438. The monoisotopic (exact) mass is 1080 g/mol. The second-order valence-corrected chi connectivity index (χ2v) is 23.3. The quantitative estimate of drug-likeness (QED) is 0.149. The van der Waals surface area contributed by atoms with Gasteiger partial charge in [0.25, 0.3) is 0 Å². The van der Waals surface area contributed by atoms with Crippen LogP contribution >= 0.6 is 0 Å². The predicted molar refractivity (Wildman–Crippen MR) is 350 cm³/mol. The van der Waals surface area contributed by atoms with Gasteiger partial charge in [-0.3, -0.25) is 0 Å². The average molecular weight is 1080 g/mol. The SMILES string of the molecule is C=C/C=C\C1=C(C)C2(c3cc(-c4ccc5c(c4)c4cc(-c6ccc7c(c6)C6(c8ccccc8-c8ccccc86)c6ccccc6-7)ccc4n5-c4ccc(-c5ccc(-c6nc7ccccc7o6)cc5)cc4)ccc31)c1ccccc1-c1ccccc12. The maximum absolute atomic E-state index is 6.12. The molecule has 396 valence electrons. The van der Waals surface area contributed by atoms with Gasteiger partial charge in [0.05, 0.1) is 21.9 Å². The number of oxazole rings is 1. The summed E-state index contributed by atoms with van der Waals surface area (Å²) in [6.07, 6.45) is 6.22. The molecule has 0 saturated heterocycles. The molecule has 0 saturated carbocycles. The Hall–Kier alpha value is -10.9. The van der Waals surface area contributed by atoms with Gasteiger partial charge >= 0.3 is 0 Å². The summed E-state index contributed by atoms with van der Waals surface area (Å²) >= 11 is 0. The molecule has 18 rings (SSSR count). The van der Waals surface area contributed by atoms with Crippen molar-refractivity contribution in [3.05, 3.63) is 342 Å². The number of allylic oxidation sites excluding steroid dienone is 5. The predicted octanol–water partition coefficient (Wildman–Crippen LogP) is 20.8. The third-order valence-electron chi connectivity index (χ3n) is 19.3. The van der Waals surface area contributed by atoms with E-state index in [1.54, 1.807) is 0 Å². The average Bonchev–Trinajstić information content (AvgIpc) is 1.62. The van der Waals surface area contributed by atoms with Crippen molar-refractivity contribution in [2.45, 2.75) is 17.8 Å². The van der Waals surface area contributed by atoms with Crippen LogP contribution in [0.4, 0.5) is 0 Å². The lowest BCUT2D eigenvalue weighted by atomic mass is 9.70. The molecule has 14 aromatic rings. The van der Waals surface area contributed by atoms with Crippen LogP contribution in [0.15, 0.2) is 302 Å². The van der Waals surface area contributed by atoms with Gasteiger partial charge in [-0.2, -0.15) is 0 Å². The van der Waals surface area contributed by atoms with Gasteiger partial charge < -0.3 is 8.98 Å². The number of aromatic nitrogens is 2. The smallest absolute Gasteiger partial charge is 0.227 e. The summed E-state index contributed by atoms with van der Waals surface area (Å²) in [6.45, 7) is 6.42. The highest BCUT2D eigenvalue weighted by molar-refractivity contribution is 6.12. The summed E-state index contributed by atoms with van der Waals surface area (Å²) in [5.41, 5.74) is 33.2. The Morgan fingerprint density at radius 3 is 1.29 bits per heavy atom. The molecule has 85 heavy (non-hydrogen) atoms. The van der Waals surface area contributed by atoms with Crippen LogP contribution < -0.4 is 0 Å². The molecule has 2 heterocycles. The van der Waals surface area contributed by atoms with Crippen LogP contribution in [0.1, 0.15) is 51.4 Å². The van der Waals surface area contributed by atoms with Crippen molar-refractivity contribution in [2.75, 3.05) is 0 Å². The Labute approximate surface area is 493 Å². The molecule has 0 N–H and O–H groups in total. The normalized spacial score (nSPS) is 14.3. The van der Waals surface area contributed by atoms with Gasteiger partial charge in [-0.1, -0.05) is 219 Å². The van der Waals surface area contributed by atoms with Gasteiger partial charge in [0.15, 0.2) is 5.58 Å². The van der Waals surface area contributed by atoms with E-state index in [9.17, 15) is 0 Å². The molecule has 0 fully saturated rings. The summed E-state index contributed by atoms with van der Waals surface area (Å²) in [7, 11) is 0. The Balaban J connectivity index is 0.807. The number of benzene rings is 12. The maximum Gasteiger partial charge on any atom is 0.227 e. The van der Waals surface area contributed by atoms with E-state index in [2.05, 4.69) is 273 Å². The highest BCUT2D eigenvalue weighted by Gasteiger charge is 2.53. The lowest BCUT2D eigenvalue weighted by molar-refractivity contribution is 0.620. The Kier molecular flexibility index (Phi) is 10.0. The molecule has 4 aliphatic carbocycles. The first-order valence-electron chi connectivity index (χ1n) is 29.4. The molecule has 4 aliphatic rings. The zero-order chi connectivity index (χ0) is 56.1. The van der Waals surface area contributed by atoms with Crippen molar-refractivity contribution in [1.29, 1.82) is 0 Å². The van der Waals surface area contributed by atoms with Gasteiger partial charge in [0.1, 0.15) is 5.52 Å². The van der Waals surface area contributed by atoms with E-state index >= 15 is 0 Å². The third-order valence-corrected chi connectivity index (χ3v) is 19.3. The molecule has 0 atom stereocenters. The van der Waals surface area contributed by atoms with Crippen molar-refractivity contribution < 1.29 is 4.42 Å². The summed E-state index contributed by atoms with van der Waals surface area (Å²) in [5, 5.41) is 2.40. The van der Waals surface area contributed by atoms with Crippen molar-refractivity contribution in [2.24, 2.45) is 0 Å². The van der Waals surface area contributed by atoms with Crippen molar-refractivity contribution in [1.82, 2.24) is 9.55 Å². The molecule has 2 spiro atoms. The van der Waals surface area contributed by atoms with E-state index in [1.165, 1.54) is 122 Å². The van der Waals surface area contributed by atoms with Gasteiger partial charge in [0.2, 0.25) is 5.89 Å². The zero-order valence-electron chi connectivity index (χ0n) is 46.6. The lowest BCUT2D eigenvalue weighted by Crippen LogP contribution is -2.26. The first-order chi connectivity index (χ1) is 42.0. The van der Waals surface area contributed by atoms with E-state index in [0.29, 0.717) is 5.89 Å². The molecule has 0 bridgehead atoms. The molecular weight excluding hydrogens is 1030 g/mol. The number of hydrogen-bond acceptors (Lipinski definition) is 2. The number of para-hydroxylation sites is 2. The van der Waals surface area contributed by atoms with Gasteiger partial charge in [-0.15, -0.1) is 0 Å². The van der Waals surface area contributed by atoms with Crippen LogP contribution in [0.25, 0.3) is 122 Å². The lowest BCUT2D eigenvalue weighted by Gasteiger charge is -2.31. The van der Waals surface area contributed by atoms with Gasteiger partial charge in [-0.05, 0) is 202 Å². The molecule has 0 amide bonds. The number of fused-ring (bicyclic) bond motifs is 21. The second kappa shape index (κ2) is 17.8. The van der Waals surface area contributed by atoms with Crippen LogP contribution in [-0.4, -0.2) is 9.55 Å². The Morgan fingerprint density at radius 1 is 0.376 bits per heavy atom. The standard InChI is InChI=1S/C82H52N2O/c1-3-4-17-59-50(2)81(69-23-10-5-18-60(69)61-19-6-11-24-70(61)81)74-48-56(36-42-65(59)74)54-38-44-77-67(46-54)68-47-55(39-45-78(68)84(77)58-40-34-52(35-41-58)51-30-32-53(33-31-51)80-83-76-28-15-16-29-79(76)85-80)57-37-43-66-64-22-9-14-27-73(64)82(75(66)49-57)71-25-12-7-20-62(71)63-21-8-13-26-72(63)82/h3-49H,1H2,2H3/b17-4-. The van der Waals surface area contributed by atoms with Gasteiger partial charge in [0, 0.05) is 22.0 Å². The number of nitrogens with zero attached hydrogens (tertiary/aromatic N) is 2. The van der Waals surface area contributed by atoms with Crippen LogP contribution in [0.5, 0.6) is 0 Å². The van der Waals surface area contributed by atoms with Gasteiger partial charge in [-0.25, -0.2) is 4.98 Å². The fourth-order valence-corrected chi connectivity index (χ4v) is 15.7. The van der Waals surface area contributed by atoms with E-state index in [4.69, 9.17) is 9.40 Å². The third kappa shape index (κ3) is 6.47. The summed E-state index contributed by atoms with van der Waals surface area (Å²) in [5.74, 6) is 0.625. The van der Waals surface area contributed by atoms with Crippen molar-refractivity contribution in [3.8, 4) is 83.9 Å². The van der Waals surface area contributed by atoms with E-state index < -0.39 is 10.8 Å². The molecular formula is C82H52N2O. The molecule has 12 aromatic carbocycles. The Bertz CT molecular complexity index is 5130. The van der Waals surface area contributed by atoms with E-state index in [0.717, 1.165) is 44.5 Å². The minimum Gasteiger partial charge on any atom is -0.436 e. The fraction of sp³-hybridized carbons (Fsp3) is 0.0366. The first kappa shape index (κ1) is 47.7.